The van der Waals surface area contributed by atoms with Crippen LogP contribution in [0, 0.1) is 13.8 Å². The first-order valence-corrected chi connectivity index (χ1v) is 4.26. The van der Waals surface area contributed by atoms with E-state index in [1.54, 1.807) is 0 Å². The summed E-state index contributed by atoms with van der Waals surface area (Å²) in [5.74, 6) is 0. The fourth-order valence-corrected chi connectivity index (χ4v) is 1.48. The number of fused-ring (bicyclic) bond motifs is 1. The SMILES string of the molecule is Cc1cn2cc(C)c(CO)cc2n1. The van der Waals surface area contributed by atoms with Gasteiger partial charge in [-0.1, -0.05) is 0 Å². The molecule has 3 nitrogen and oxygen atoms in total. The summed E-state index contributed by atoms with van der Waals surface area (Å²) in [4.78, 5) is 4.31. The first-order chi connectivity index (χ1) is 6.20. The number of rotatable bonds is 1. The van der Waals surface area contributed by atoms with E-state index in [2.05, 4.69) is 4.98 Å². The van der Waals surface area contributed by atoms with E-state index < -0.39 is 0 Å². The van der Waals surface area contributed by atoms with Gasteiger partial charge in [0.05, 0.1) is 12.3 Å². The van der Waals surface area contributed by atoms with Gasteiger partial charge in [0, 0.05) is 12.4 Å². The number of imidazole rings is 1. The van der Waals surface area contributed by atoms with Gasteiger partial charge in [-0.2, -0.15) is 0 Å². The van der Waals surface area contributed by atoms with Crippen LogP contribution in [0.15, 0.2) is 18.5 Å². The number of aromatic nitrogens is 2. The zero-order chi connectivity index (χ0) is 9.42. The summed E-state index contributed by atoms with van der Waals surface area (Å²) in [6.07, 6.45) is 3.96. The highest BCUT2D eigenvalue weighted by Gasteiger charge is 2.02. The average molecular weight is 176 g/mol. The van der Waals surface area contributed by atoms with Crippen molar-refractivity contribution in [3.8, 4) is 0 Å². The molecule has 2 aromatic heterocycles. The Labute approximate surface area is 76.7 Å². The molecule has 2 aromatic rings. The number of hydrogen-bond acceptors (Lipinski definition) is 2. The van der Waals surface area contributed by atoms with Gasteiger partial charge in [0.1, 0.15) is 5.65 Å². The van der Waals surface area contributed by atoms with Gasteiger partial charge in [0.15, 0.2) is 0 Å². The highest BCUT2D eigenvalue weighted by Crippen LogP contribution is 2.12. The molecular formula is C10H12N2O. The summed E-state index contributed by atoms with van der Waals surface area (Å²) in [5.41, 5.74) is 3.92. The predicted molar refractivity (Wildman–Crippen MR) is 50.6 cm³/mol. The summed E-state index contributed by atoms with van der Waals surface area (Å²) in [6.45, 7) is 4.02. The van der Waals surface area contributed by atoms with Crippen molar-refractivity contribution in [1.82, 2.24) is 9.38 Å². The van der Waals surface area contributed by atoms with Crippen LogP contribution in [0.2, 0.25) is 0 Å². The van der Waals surface area contributed by atoms with Crippen molar-refractivity contribution in [1.29, 1.82) is 0 Å². The fourth-order valence-electron chi connectivity index (χ4n) is 1.48. The van der Waals surface area contributed by atoms with Gasteiger partial charge >= 0.3 is 0 Å². The summed E-state index contributed by atoms with van der Waals surface area (Å²) >= 11 is 0. The van der Waals surface area contributed by atoms with Crippen LogP contribution in [0.3, 0.4) is 0 Å². The first-order valence-electron chi connectivity index (χ1n) is 4.26. The van der Waals surface area contributed by atoms with E-state index in [0.29, 0.717) is 0 Å². The van der Waals surface area contributed by atoms with Crippen molar-refractivity contribution in [2.75, 3.05) is 0 Å². The van der Waals surface area contributed by atoms with Gasteiger partial charge in [-0.15, -0.1) is 0 Å². The molecule has 0 aliphatic carbocycles. The molecule has 2 heterocycles. The molecule has 0 saturated carbocycles. The summed E-state index contributed by atoms with van der Waals surface area (Å²) in [6, 6.07) is 1.92. The standard InChI is InChI=1S/C10H12N2O/c1-7-4-12-5-8(2)11-10(12)3-9(7)6-13/h3-5,13H,6H2,1-2H3. The van der Waals surface area contributed by atoms with Crippen molar-refractivity contribution >= 4 is 5.65 Å². The lowest BCUT2D eigenvalue weighted by atomic mass is 10.2. The van der Waals surface area contributed by atoms with E-state index in [0.717, 1.165) is 22.5 Å². The van der Waals surface area contributed by atoms with Crippen LogP contribution < -0.4 is 0 Å². The van der Waals surface area contributed by atoms with Gasteiger partial charge in [-0.3, -0.25) is 0 Å². The summed E-state index contributed by atoms with van der Waals surface area (Å²) < 4.78 is 1.98. The third-order valence-electron chi connectivity index (χ3n) is 2.19. The molecule has 1 N–H and O–H groups in total. The lowest BCUT2D eigenvalue weighted by Crippen LogP contribution is -1.92. The quantitative estimate of drug-likeness (QED) is 0.714. The molecule has 68 valence electrons. The molecule has 0 radical (unpaired) electrons. The topological polar surface area (TPSA) is 37.5 Å². The van der Waals surface area contributed by atoms with Gasteiger partial charge in [0.25, 0.3) is 0 Å². The van der Waals surface area contributed by atoms with Crippen LogP contribution in [0.25, 0.3) is 5.65 Å². The van der Waals surface area contributed by atoms with Crippen LogP contribution in [0.5, 0.6) is 0 Å². The molecule has 0 aliphatic heterocycles. The Balaban J connectivity index is 2.72. The zero-order valence-corrected chi connectivity index (χ0v) is 7.78. The Kier molecular flexibility index (Phi) is 1.81. The number of aryl methyl sites for hydroxylation is 2. The van der Waals surface area contributed by atoms with E-state index in [1.807, 2.05) is 36.7 Å². The Morgan fingerprint density at radius 3 is 2.85 bits per heavy atom. The highest BCUT2D eigenvalue weighted by molar-refractivity contribution is 5.45. The Morgan fingerprint density at radius 2 is 2.15 bits per heavy atom. The summed E-state index contributed by atoms with van der Waals surface area (Å²) in [7, 11) is 0. The van der Waals surface area contributed by atoms with Gasteiger partial charge < -0.3 is 9.51 Å². The van der Waals surface area contributed by atoms with Crippen LogP contribution in [-0.4, -0.2) is 14.5 Å². The molecule has 0 aromatic carbocycles. The average Bonchev–Trinajstić information content (AvgIpc) is 2.42. The molecule has 13 heavy (non-hydrogen) atoms. The fraction of sp³-hybridized carbons (Fsp3) is 0.300. The second-order valence-corrected chi connectivity index (χ2v) is 3.29. The summed E-state index contributed by atoms with van der Waals surface area (Å²) in [5, 5.41) is 9.05. The molecule has 3 heteroatoms. The van der Waals surface area contributed by atoms with E-state index >= 15 is 0 Å². The number of aliphatic hydroxyl groups is 1. The van der Waals surface area contributed by atoms with E-state index in [-0.39, 0.29) is 6.61 Å². The third-order valence-corrected chi connectivity index (χ3v) is 2.19. The maximum atomic E-state index is 9.05. The predicted octanol–water partition coefficient (Wildman–Crippen LogP) is 1.44. The largest absolute Gasteiger partial charge is 0.392 e. The minimum Gasteiger partial charge on any atom is -0.392 e. The van der Waals surface area contributed by atoms with Crippen molar-refractivity contribution in [3.05, 3.63) is 35.3 Å². The molecule has 0 aliphatic rings. The van der Waals surface area contributed by atoms with Gasteiger partial charge in [-0.05, 0) is 31.0 Å². The van der Waals surface area contributed by atoms with Crippen LogP contribution >= 0.6 is 0 Å². The molecule has 2 rings (SSSR count). The monoisotopic (exact) mass is 176 g/mol. The van der Waals surface area contributed by atoms with E-state index in [1.165, 1.54) is 0 Å². The minimum atomic E-state index is 0.0776. The third kappa shape index (κ3) is 1.31. The Hall–Kier alpha value is -1.35. The second kappa shape index (κ2) is 2.85. The number of pyridine rings is 1. The molecule has 0 atom stereocenters. The van der Waals surface area contributed by atoms with Crippen LogP contribution in [0.4, 0.5) is 0 Å². The molecule has 0 unspecified atom stereocenters. The molecule has 0 saturated heterocycles. The van der Waals surface area contributed by atoms with Crippen LogP contribution in [0.1, 0.15) is 16.8 Å². The number of hydrogen-bond donors (Lipinski definition) is 1. The van der Waals surface area contributed by atoms with Crippen LogP contribution in [-0.2, 0) is 6.61 Å². The Bertz CT molecular complexity index is 445. The van der Waals surface area contributed by atoms with Crippen molar-refractivity contribution < 1.29 is 5.11 Å². The molecule has 0 fully saturated rings. The smallest absolute Gasteiger partial charge is 0.137 e. The first kappa shape index (κ1) is 8.26. The minimum absolute atomic E-state index is 0.0776. The lowest BCUT2D eigenvalue weighted by Gasteiger charge is -2.02. The second-order valence-electron chi connectivity index (χ2n) is 3.29. The van der Waals surface area contributed by atoms with Gasteiger partial charge in [-0.25, -0.2) is 4.98 Å². The van der Waals surface area contributed by atoms with Crippen molar-refractivity contribution in [2.45, 2.75) is 20.5 Å². The van der Waals surface area contributed by atoms with Crippen molar-refractivity contribution in [2.24, 2.45) is 0 Å². The Morgan fingerprint density at radius 1 is 1.38 bits per heavy atom. The zero-order valence-electron chi connectivity index (χ0n) is 7.78. The maximum absolute atomic E-state index is 9.05. The van der Waals surface area contributed by atoms with E-state index in [4.69, 9.17) is 5.11 Å². The number of nitrogens with zero attached hydrogens (tertiary/aromatic N) is 2. The molecule has 0 spiro atoms. The molecular weight excluding hydrogens is 164 g/mol. The number of aliphatic hydroxyl groups excluding tert-OH is 1. The lowest BCUT2D eigenvalue weighted by molar-refractivity contribution is 0.281. The molecule has 0 amide bonds. The maximum Gasteiger partial charge on any atom is 0.137 e. The highest BCUT2D eigenvalue weighted by atomic mass is 16.3. The molecule has 0 bridgehead atoms. The van der Waals surface area contributed by atoms with Crippen molar-refractivity contribution in [3.63, 3.8) is 0 Å². The normalized spacial score (nSPS) is 11.0. The van der Waals surface area contributed by atoms with E-state index in [9.17, 15) is 0 Å². The van der Waals surface area contributed by atoms with Gasteiger partial charge in [0.2, 0.25) is 0 Å².